The number of rotatable bonds is 3. The van der Waals surface area contributed by atoms with Crippen molar-refractivity contribution in [2.75, 3.05) is 19.0 Å². The summed E-state index contributed by atoms with van der Waals surface area (Å²) in [5.74, 6) is -0.352. The predicted molar refractivity (Wildman–Crippen MR) is 81.3 cm³/mol. The molecule has 1 heterocycles. The first kappa shape index (κ1) is 15.5. The second kappa shape index (κ2) is 6.72. The average Bonchev–Trinajstić information content (AvgIpc) is 2.48. The lowest BCUT2D eigenvalue weighted by Gasteiger charge is -2.27. The molecule has 1 aliphatic heterocycles. The number of esters is 1. The molecule has 0 radical (unpaired) electrons. The van der Waals surface area contributed by atoms with E-state index in [1.54, 1.807) is 12.1 Å². The predicted octanol–water partition coefficient (Wildman–Crippen LogP) is 2.11. The Kier molecular flexibility index (Phi) is 4.96. The number of ether oxygens (including phenoxy) is 1. The third-order valence-electron chi connectivity index (χ3n) is 3.99. The molecule has 0 aliphatic carbocycles. The molecule has 0 bridgehead atoms. The molecule has 2 unspecified atom stereocenters. The molecule has 0 saturated carbocycles. The van der Waals surface area contributed by atoms with Crippen LogP contribution in [0.5, 0.6) is 0 Å². The molecular weight excluding hydrogens is 268 g/mol. The number of methoxy groups -OCH3 is 1. The molecule has 2 rings (SSSR count). The number of amides is 1. The summed E-state index contributed by atoms with van der Waals surface area (Å²) < 4.78 is 4.75. The van der Waals surface area contributed by atoms with Crippen LogP contribution in [0, 0.1) is 12.8 Å². The van der Waals surface area contributed by atoms with Crippen LogP contribution < -0.4 is 10.6 Å². The van der Waals surface area contributed by atoms with Gasteiger partial charge in [0.1, 0.15) is 0 Å². The maximum atomic E-state index is 12.4. The highest BCUT2D eigenvalue weighted by molar-refractivity contribution is 5.97. The van der Waals surface area contributed by atoms with E-state index >= 15 is 0 Å². The van der Waals surface area contributed by atoms with E-state index in [-0.39, 0.29) is 17.8 Å². The van der Waals surface area contributed by atoms with Crippen LogP contribution in [0.25, 0.3) is 0 Å². The lowest BCUT2D eigenvalue weighted by molar-refractivity contribution is -0.120. The van der Waals surface area contributed by atoms with Crippen molar-refractivity contribution in [2.24, 2.45) is 5.92 Å². The second-order valence-corrected chi connectivity index (χ2v) is 5.54. The Morgan fingerprint density at radius 1 is 1.38 bits per heavy atom. The van der Waals surface area contributed by atoms with Gasteiger partial charge in [-0.05, 0) is 50.9 Å². The highest BCUT2D eigenvalue weighted by Gasteiger charge is 2.25. The summed E-state index contributed by atoms with van der Waals surface area (Å²) in [4.78, 5) is 24.0. The van der Waals surface area contributed by atoms with Crippen LogP contribution in [-0.4, -0.2) is 31.6 Å². The van der Waals surface area contributed by atoms with Crippen molar-refractivity contribution in [1.29, 1.82) is 0 Å². The van der Waals surface area contributed by atoms with Gasteiger partial charge in [0.2, 0.25) is 5.91 Å². The van der Waals surface area contributed by atoms with E-state index in [1.165, 1.54) is 7.11 Å². The van der Waals surface area contributed by atoms with Gasteiger partial charge in [0.25, 0.3) is 0 Å². The number of carbonyl (C=O) groups is 2. The zero-order chi connectivity index (χ0) is 15.4. The van der Waals surface area contributed by atoms with Gasteiger partial charge in [0.15, 0.2) is 0 Å². The van der Waals surface area contributed by atoms with Crippen LogP contribution in [0.3, 0.4) is 0 Å². The van der Waals surface area contributed by atoms with Gasteiger partial charge in [0, 0.05) is 17.6 Å². The van der Waals surface area contributed by atoms with Crippen molar-refractivity contribution >= 4 is 17.6 Å². The van der Waals surface area contributed by atoms with Gasteiger partial charge >= 0.3 is 5.97 Å². The molecule has 2 N–H and O–H groups in total. The Bertz CT molecular complexity index is 542. The molecule has 1 aliphatic rings. The number of carbonyl (C=O) groups excluding carboxylic acids is 2. The van der Waals surface area contributed by atoms with Gasteiger partial charge < -0.3 is 15.4 Å². The van der Waals surface area contributed by atoms with Crippen LogP contribution >= 0.6 is 0 Å². The Hall–Kier alpha value is -1.88. The molecule has 1 aromatic rings. The fraction of sp³-hybridized carbons (Fsp3) is 0.500. The summed E-state index contributed by atoms with van der Waals surface area (Å²) in [6.45, 7) is 4.76. The second-order valence-electron chi connectivity index (χ2n) is 5.54. The lowest BCUT2D eigenvalue weighted by atomic mass is 9.92. The molecule has 1 aromatic carbocycles. The van der Waals surface area contributed by atoms with E-state index in [2.05, 4.69) is 17.6 Å². The fourth-order valence-electron chi connectivity index (χ4n) is 2.71. The van der Waals surface area contributed by atoms with Crippen molar-refractivity contribution in [3.8, 4) is 0 Å². The molecule has 114 valence electrons. The third kappa shape index (κ3) is 3.61. The van der Waals surface area contributed by atoms with Crippen LogP contribution in [0.15, 0.2) is 18.2 Å². The average molecular weight is 290 g/mol. The van der Waals surface area contributed by atoms with Crippen LogP contribution in [0.1, 0.15) is 35.7 Å². The highest BCUT2D eigenvalue weighted by Crippen LogP contribution is 2.23. The summed E-state index contributed by atoms with van der Waals surface area (Å²) in [5, 5.41) is 6.28. The SMILES string of the molecule is COC(=O)c1cccc(NC(=O)C2CCNC(C)C2)c1C. The third-order valence-corrected chi connectivity index (χ3v) is 3.99. The minimum absolute atomic E-state index is 0.0161. The van der Waals surface area contributed by atoms with Gasteiger partial charge in [-0.3, -0.25) is 4.79 Å². The number of hydrogen-bond acceptors (Lipinski definition) is 4. The van der Waals surface area contributed by atoms with E-state index in [0.29, 0.717) is 17.3 Å². The molecule has 21 heavy (non-hydrogen) atoms. The molecule has 2 atom stereocenters. The molecular formula is C16H22N2O3. The van der Waals surface area contributed by atoms with Crippen LogP contribution in [-0.2, 0) is 9.53 Å². The quantitative estimate of drug-likeness (QED) is 0.837. The monoisotopic (exact) mass is 290 g/mol. The summed E-state index contributed by atoms with van der Waals surface area (Å²) in [7, 11) is 1.35. The van der Waals surface area contributed by atoms with Gasteiger partial charge in [-0.15, -0.1) is 0 Å². The number of anilines is 1. The normalized spacial score (nSPS) is 21.7. The van der Waals surface area contributed by atoms with Gasteiger partial charge in [-0.1, -0.05) is 6.07 Å². The fourth-order valence-corrected chi connectivity index (χ4v) is 2.71. The molecule has 1 fully saturated rings. The van der Waals surface area contributed by atoms with E-state index in [9.17, 15) is 9.59 Å². The minimum atomic E-state index is -0.390. The van der Waals surface area contributed by atoms with Crippen molar-refractivity contribution in [3.63, 3.8) is 0 Å². The van der Waals surface area contributed by atoms with Crippen LogP contribution in [0.4, 0.5) is 5.69 Å². The molecule has 1 amide bonds. The van der Waals surface area contributed by atoms with E-state index in [1.807, 2.05) is 13.0 Å². The molecule has 0 spiro atoms. The zero-order valence-corrected chi connectivity index (χ0v) is 12.7. The lowest BCUT2D eigenvalue weighted by Crippen LogP contribution is -2.40. The molecule has 1 saturated heterocycles. The summed E-state index contributed by atoms with van der Waals surface area (Å²) in [6, 6.07) is 5.62. The van der Waals surface area contributed by atoms with Gasteiger partial charge in [0.05, 0.1) is 12.7 Å². The van der Waals surface area contributed by atoms with E-state index in [0.717, 1.165) is 24.9 Å². The van der Waals surface area contributed by atoms with Crippen molar-refractivity contribution < 1.29 is 14.3 Å². The van der Waals surface area contributed by atoms with Crippen molar-refractivity contribution in [3.05, 3.63) is 29.3 Å². The maximum absolute atomic E-state index is 12.4. The summed E-state index contributed by atoms with van der Waals surface area (Å²) >= 11 is 0. The Morgan fingerprint density at radius 3 is 2.81 bits per heavy atom. The van der Waals surface area contributed by atoms with Crippen LogP contribution in [0.2, 0.25) is 0 Å². The minimum Gasteiger partial charge on any atom is -0.465 e. The van der Waals surface area contributed by atoms with Gasteiger partial charge in [-0.2, -0.15) is 0 Å². The van der Waals surface area contributed by atoms with Crippen molar-refractivity contribution in [2.45, 2.75) is 32.7 Å². The first-order chi connectivity index (χ1) is 10.0. The number of benzene rings is 1. The van der Waals surface area contributed by atoms with E-state index < -0.39 is 0 Å². The van der Waals surface area contributed by atoms with E-state index in [4.69, 9.17) is 4.74 Å². The van der Waals surface area contributed by atoms with Gasteiger partial charge in [-0.25, -0.2) is 4.79 Å². The Labute approximate surface area is 125 Å². The molecule has 5 nitrogen and oxygen atoms in total. The zero-order valence-electron chi connectivity index (χ0n) is 12.7. The summed E-state index contributed by atoms with van der Waals surface area (Å²) in [5.41, 5.74) is 1.89. The first-order valence-corrected chi connectivity index (χ1v) is 7.25. The molecule has 5 heteroatoms. The van der Waals surface area contributed by atoms with Crippen molar-refractivity contribution in [1.82, 2.24) is 5.32 Å². The summed E-state index contributed by atoms with van der Waals surface area (Å²) in [6.07, 6.45) is 1.67. The molecule has 0 aromatic heterocycles. The largest absolute Gasteiger partial charge is 0.465 e. The first-order valence-electron chi connectivity index (χ1n) is 7.25. The topological polar surface area (TPSA) is 67.4 Å². The standard InChI is InChI=1S/C16H22N2O3/c1-10-9-12(7-8-17-10)15(19)18-14-6-4-5-13(11(14)2)16(20)21-3/h4-6,10,12,17H,7-9H2,1-3H3,(H,18,19). The highest BCUT2D eigenvalue weighted by atomic mass is 16.5. The Morgan fingerprint density at radius 2 is 2.14 bits per heavy atom. The number of piperidine rings is 1. The number of nitrogens with one attached hydrogen (secondary N) is 2. The maximum Gasteiger partial charge on any atom is 0.338 e. The smallest absolute Gasteiger partial charge is 0.338 e. The Balaban J connectivity index is 2.12. The number of hydrogen-bond donors (Lipinski definition) is 2.